The smallest absolute Gasteiger partial charge is 0.248 e. The van der Waals surface area contributed by atoms with Crippen LogP contribution in [0.25, 0.3) is 27.5 Å². The molecule has 41 heavy (non-hydrogen) atoms. The third-order valence-electron chi connectivity index (χ3n) is 7.32. The highest BCUT2D eigenvalue weighted by Crippen LogP contribution is 2.36. The summed E-state index contributed by atoms with van der Waals surface area (Å²) >= 11 is 1.53. The summed E-state index contributed by atoms with van der Waals surface area (Å²) in [6, 6.07) is 9.94. The number of hydrogen-bond acceptors (Lipinski definition) is 10. The SMILES string of the molecule is CC(C)Nc1cc(-c2ccc3cc(C#N)cnn23)ncc1-c1nnc(N2CCCC[C@H]([C@@H](C)NC(=O)[C@@H](C)O)C2)s1. The van der Waals surface area contributed by atoms with Gasteiger partial charge in [-0.05, 0) is 70.7 Å². The monoisotopic (exact) mass is 573 g/mol. The third kappa shape index (κ3) is 6.31. The second kappa shape index (κ2) is 12.2. The van der Waals surface area contributed by atoms with Gasteiger partial charge < -0.3 is 20.6 Å². The molecule has 12 heteroatoms. The first kappa shape index (κ1) is 28.4. The average Bonchev–Trinajstić information content (AvgIpc) is 3.53. The second-order valence-electron chi connectivity index (χ2n) is 10.9. The summed E-state index contributed by atoms with van der Waals surface area (Å²) in [5.41, 5.74) is 4.69. The molecule has 1 saturated heterocycles. The zero-order valence-corrected chi connectivity index (χ0v) is 24.5. The Kier molecular flexibility index (Phi) is 8.46. The number of nitrogens with one attached hydrogen (secondary N) is 2. The van der Waals surface area contributed by atoms with Gasteiger partial charge in [0.05, 0.1) is 34.2 Å². The summed E-state index contributed by atoms with van der Waals surface area (Å²) in [5.74, 6) is -0.107. The number of carbonyl (C=O) groups is 1. The minimum absolute atomic E-state index is 0.0604. The second-order valence-corrected chi connectivity index (χ2v) is 11.8. The van der Waals surface area contributed by atoms with Gasteiger partial charge in [-0.2, -0.15) is 10.4 Å². The van der Waals surface area contributed by atoms with Crippen molar-refractivity contribution in [2.75, 3.05) is 23.3 Å². The van der Waals surface area contributed by atoms with E-state index in [4.69, 9.17) is 4.98 Å². The van der Waals surface area contributed by atoms with Gasteiger partial charge in [-0.25, -0.2) is 4.52 Å². The van der Waals surface area contributed by atoms with Crippen LogP contribution in [0.5, 0.6) is 0 Å². The number of nitriles is 1. The molecule has 214 valence electrons. The van der Waals surface area contributed by atoms with Crippen molar-refractivity contribution in [2.45, 2.75) is 65.1 Å². The minimum atomic E-state index is -1.03. The lowest BCUT2D eigenvalue weighted by molar-refractivity contribution is -0.129. The van der Waals surface area contributed by atoms with E-state index in [0.717, 1.165) is 70.6 Å². The van der Waals surface area contributed by atoms with Gasteiger partial charge in [0.1, 0.15) is 12.2 Å². The van der Waals surface area contributed by atoms with E-state index in [1.54, 1.807) is 16.8 Å². The molecule has 0 saturated carbocycles. The fraction of sp³-hybridized carbons (Fsp3) is 0.448. The molecule has 1 aliphatic rings. The minimum Gasteiger partial charge on any atom is -0.384 e. The van der Waals surface area contributed by atoms with Gasteiger partial charge in [-0.3, -0.25) is 9.78 Å². The number of nitrogens with zero attached hydrogens (tertiary/aromatic N) is 7. The van der Waals surface area contributed by atoms with Crippen LogP contribution in [-0.2, 0) is 4.79 Å². The fourth-order valence-corrected chi connectivity index (χ4v) is 6.03. The van der Waals surface area contributed by atoms with Crippen molar-refractivity contribution in [3.8, 4) is 28.0 Å². The molecule has 1 fully saturated rings. The van der Waals surface area contributed by atoms with E-state index in [1.807, 2.05) is 31.3 Å². The Labute approximate surface area is 243 Å². The highest BCUT2D eigenvalue weighted by atomic mass is 32.1. The van der Waals surface area contributed by atoms with Gasteiger partial charge in [0.2, 0.25) is 11.0 Å². The van der Waals surface area contributed by atoms with Crippen molar-refractivity contribution in [3.05, 3.63) is 42.2 Å². The molecule has 0 spiro atoms. The first-order valence-electron chi connectivity index (χ1n) is 14.0. The summed E-state index contributed by atoms with van der Waals surface area (Å²) in [4.78, 5) is 19.1. The van der Waals surface area contributed by atoms with Crippen LogP contribution in [0.1, 0.15) is 52.5 Å². The lowest BCUT2D eigenvalue weighted by Gasteiger charge is -2.28. The molecule has 0 aromatic carbocycles. The summed E-state index contributed by atoms with van der Waals surface area (Å²) in [5, 5.41) is 40.5. The van der Waals surface area contributed by atoms with E-state index in [2.05, 4.69) is 50.7 Å². The number of hydrogen-bond donors (Lipinski definition) is 3. The number of aliphatic hydroxyl groups excluding tert-OH is 1. The van der Waals surface area contributed by atoms with Crippen LogP contribution in [-0.4, -0.2) is 67.1 Å². The van der Waals surface area contributed by atoms with Crippen LogP contribution in [0.3, 0.4) is 0 Å². The number of fused-ring (bicyclic) bond motifs is 1. The largest absolute Gasteiger partial charge is 0.384 e. The summed E-state index contributed by atoms with van der Waals surface area (Å²) in [6.45, 7) is 9.29. The average molecular weight is 574 g/mol. The van der Waals surface area contributed by atoms with Crippen molar-refractivity contribution >= 4 is 33.6 Å². The van der Waals surface area contributed by atoms with Gasteiger partial charge in [-0.1, -0.05) is 17.8 Å². The number of rotatable bonds is 8. The van der Waals surface area contributed by atoms with Gasteiger partial charge in [0.15, 0.2) is 5.01 Å². The number of carbonyl (C=O) groups excluding carboxylic acids is 1. The zero-order chi connectivity index (χ0) is 29.1. The molecule has 1 amide bonds. The standard InChI is InChI=1S/C29H35N9O2S/c1-17(2)33-24-12-25(26-9-8-22-11-20(13-30)14-32-38(22)26)31-15-23(24)28-35-36-29(41-28)37-10-6-5-7-21(16-37)18(3)34-27(40)19(4)39/h8-9,11-12,14-15,17-19,21,39H,5-7,10,16H2,1-4H3,(H,31,33)(H,34,40)/t18-,19-,21+/m1/s1. The maximum absolute atomic E-state index is 12.1. The normalized spacial score (nSPS) is 17.2. The van der Waals surface area contributed by atoms with Crippen molar-refractivity contribution in [3.63, 3.8) is 0 Å². The van der Waals surface area contributed by atoms with Crippen LogP contribution >= 0.6 is 11.3 Å². The van der Waals surface area contributed by atoms with Crippen LogP contribution < -0.4 is 15.5 Å². The quantitative estimate of drug-likeness (QED) is 0.284. The van der Waals surface area contributed by atoms with Crippen molar-refractivity contribution in [1.29, 1.82) is 5.26 Å². The summed E-state index contributed by atoms with van der Waals surface area (Å²) in [6.07, 6.45) is 5.45. The number of amides is 1. The Hall–Kier alpha value is -4.08. The fourth-order valence-electron chi connectivity index (χ4n) is 5.12. The highest BCUT2D eigenvalue weighted by Gasteiger charge is 2.27. The predicted molar refractivity (Wildman–Crippen MR) is 160 cm³/mol. The molecule has 5 rings (SSSR count). The molecule has 0 unspecified atom stereocenters. The zero-order valence-electron chi connectivity index (χ0n) is 23.7. The lowest BCUT2D eigenvalue weighted by Crippen LogP contribution is -2.45. The van der Waals surface area contributed by atoms with E-state index in [9.17, 15) is 15.2 Å². The van der Waals surface area contributed by atoms with Crippen LogP contribution in [0.2, 0.25) is 0 Å². The van der Waals surface area contributed by atoms with Gasteiger partial charge in [0, 0.05) is 37.1 Å². The molecule has 1 aliphatic heterocycles. The van der Waals surface area contributed by atoms with Crippen LogP contribution in [0, 0.1) is 17.2 Å². The number of aliphatic hydroxyl groups is 1. The highest BCUT2D eigenvalue weighted by molar-refractivity contribution is 7.18. The molecule has 4 aromatic rings. The van der Waals surface area contributed by atoms with E-state index < -0.39 is 6.10 Å². The molecule has 3 N–H and O–H groups in total. The van der Waals surface area contributed by atoms with E-state index in [1.165, 1.54) is 18.3 Å². The van der Waals surface area contributed by atoms with Crippen LogP contribution in [0.4, 0.5) is 10.8 Å². The van der Waals surface area contributed by atoms with Gasteiger partial charge >= 0.3 is 0 Å². The molecular weight excluding hydrogens is 538 g/mol. The van der Waals surface area contributed by atoms with Crippen molar-refractivity contribution < 1.29 is 9.90 Å². The van der Waals surface area contributed by atoms with E-state index in [-0.39, 0.29) is 23.9 Å². The Morgan fingerprint density at radius 2 is 2.00 bits per heavy atom. The molecule has 0 bridgehead atoms. The summed E-state index contributed by atoms with van der Waals surface area (Å²) < 4.78 is 1.78. The molecule has 0 radical (unpaired) electrons. The number of pyridine rings is 1. The first-order chi connectivity index (χ1) is 19.7. The number of anilines is 2. The van der Waals surface area contributed by atoms with Crippen molar-refractivity contribution in [1.82, 2.24) is 30.1 Å². The van der Waals surface area contributed by atoms with Crippen LogP contribution in [0.15, 0.2) is 36.7 Å². The third-order valence-corrected chi connectivity index (χ3v) is 8.34. The molecule has 3 atom stereocenters. The van der Waals surface area contributed by atoms with Gasteiger partial charge in [0.25, 0.3) is 0 Å². The molecular formula is C29H35N9O2S. The Bertz CT molecular complexity index is 1570. The van der Waals surface area contributed by atoms with Gasteiger partial charge in [-0.15, -0.1) is 10.2 Å². The molecule has 11 nitrogen and oxygen atoms in total. The topological polar surface area (TPSA) is 144 Å². The Morgan fingerprint density at radius 1 is 1.17 bits per heavy atom. The Balaban J connectivity index is 1.41. The van der Waals surface area contributed by atoms with E-state index >= 15 is 0 Å². The van der Waals surface area contributed by atoms with E-state index in [0.29, 0.717) is 5.56 Å². The first-order valence-corrected chi connectivity index (χ1v) is 14.8. The lowest BCUT2D eigenvalue weighted by atomic mass is 9.95. The Morgan fingerprint density at radius 3 is 2.76 bits per heavy atom. The molecule has 5 heterocycles. The van der Waals surface area contributed by atoms with Crippen molar-refractivity contribution in [2.24, 2.45) is 5.92 Å². The summed E-state index contributed by atoms with van der Waals surface area (Å²) in [7, 11) is 0. The predicted octanol–water partition coefficient (Wildman–Crippen LogP) is 4.10. The molecule has 4 aromatic heterocycles. The number of aromatic nitrogens is 5. The molecule has 0 aliphatic carbocycles. The maximum atomic E-state index is 12.1. The maximum Gasteiger partial charge on any atom is 0.248 e.